The summed E-state index contributed by atoms with van der Waals surface area (Å²) < 4.78 is 4.90. The molecular formula is C14H19NO2S. The van der Waals surface area contributed by atoms with Gasteiger partial charge in [0.15, 0.2) is 0 Å². The Bertz CT molecular complexity index is 518. The molecule has 1 fully saturated rings. The summed E-state index contributed by atoms with van der Waals surface area (Å²) in [5.74, 6) is 1.46. The number of carbonyl (C=O) groups excluding carboxylic acids is 1. The zero-order chi connectivity index (χ0) is 13.1. The standard InChI is InChI=1S/C14H19NO2S/c1-7-10-8(5-9-11(10)14(9,2)3)12(18-7)13(16)15-6-17-4/h9,11H,5-6H2,1-4H3,(H,15,16)/t9-,11-/m1/s1. The second-order valence-corrected chi connectivity index (χ2v) is 7.15. The van der Waals surface area contributed by atoms with Crippen molar-refractivity contribution in [3.05, 3.63) is 20.9 Å². The fourth-order valence-electron chi connectivity index (χ4n) is 3.53. The number of hydrogen-bond donors (Lipinski definition) is 1. The van der Waals surface area contributed by atoms with E-state index in [1.165, 1.54) is 16.0 Å². The quantitative estimate of drug-likeness (QED) is 0.853. The fourth-order valence-corrected chi connectivity index (χ4v) is 4.68. The molecule has 3 rings (SSSR count). The van der Waals surface area contributed by atoms with Crippen LogP contribution in [0.1, 0.15) is 45.4 Å². The van der Waals surface area contributed by atoms with E-state index in [-0.39, 0.29) is 12.6 Å². The second-order valence-electron chi connectivity index (χ2n) is 5.93. The lowest BCUT2D eigenvalue weighted by Gasteiger charge is -2.10. The van der Waals surface area contributed by atoms with Gasteiger partial charge in [0.25, 0.3) is 5.91 Å². The molecule has 0 unspecified atom stereocenters. The van der Waals surface area contributed by atoms with E-state index in [9.17, 15) is 4.79 Å². The maximum absolute atomic E-state index is 12.1. The highest BCUT2D eigenvalue weighted by molar-refractivity contribution is 7.14. The van der Waals surface area contributed by atoms with E-state index in [0.717, 1.165) is 17.2 Å². The molecule has 18 heavy (non-hydrogen) atoms. The molecule has 2 aliphatic carbocycles. The van der Waals surface area contributed by atoms with Crippen molar-refractivity contribution in [3.8, 4) is 0 Å². The molecule has 1 saturated carbocycles. The highest BCUT2D eigenvalue weighted by Crippen LogP contribution is 2.71. The number of aryl methyl sites for hydroxylation is 1. The molecule has 2 aliphatic rings. The third-order valence-electron chi connectivity index (χ3n) is 4.60. The van der Waals surface area contributed by atoms with Crippen LogP contribution in [-0.2, 0) is 11.2 Å². The Morgan fingerprint density at radius 1 is 1.56 bits per heavy atom. The first-order valence-electron chi connectivity index (χ1n) is 6.37. The topological polar surface area (TPSA) is 38.3 Å². The largest absolute Gasteiger partial charge is 0.364 e. The van der Waals surface area contributed by atoms with Gasteiger partial charge in [-0.3, -0.25) is 4.79 Å². The van der Waals surface area contributed by atoms with E-state index in [4.69, 9.17) is 4.74 Å². The van der Waals surface area contributed by atoms with Crippen molar-refractivity contribution in [2.45, 2.75) is 33.1 Å². The van der Waals surface area contributed by atoms with Crippen LogP contribution in [0.2, 0.25) is 0 Å². The average Bonchev–Trinajstić information content (AvgIpc) is 2.72. The van der Waals surface area contributed by atoms with Gasteiger partial charge in [-0.05, 0) is 41.7 Å². The van der Waals surface area contributed by atoms with Crippen LogP contribution in [0.5, 0.6) is 0 Å². The van der Waals surface area contributed by atoms with Crippen molar-refractivity contribution < 1.29 is 9.53 Å². The molecule has 3 nitrogen and oxygen atoms in total. The third-order valence-corrected chi connectivity index (χ3v) is 5.76. The molecule has 1 aromatic rings. The Morgan fingerprint density at radius 2 is 2.28 bits per heavy atom. The third kappa shape index (κ3) is 1.48. The summed E-state index contributed by atoms with van der Waals surface area (Å²) in [5.41, 5.74) is 3.22. The first kappa shape index (κ1) is 12.2. The number of amides is 1. The lowest BCUT2D eigenvalue weighted by atomic mass is 9.95. The normalized spacial score (nSPS) is 26.7. The fraction of sp³-hybridized carbons (Fsp3) is 0.643. The van der Waals surface area contributed by atoms with Crippen molar-refractivity contribution in [2.75, 3.05) is 13.8 Å². The summed E-state index contributed by atoms with van der Waals surface area (Å²) in [6.07, 6.45) is 1.08. The summed E-state index contributed by atoms with van der Waals surface area (Å²) >= 11 is 1.64. The number of ether oxygens (including phenoxy) is 1. The van der Waals surface area contributed by atoms with Crippen LogP contribution in [0.25, 0.3) is 0 Å². The Hall–Kier alpha value is -0.870. The van der Waals surface area contributed by atoms with E-state index in [1.807, 2.05) is 0 Å². The van der Waals surface area contributed by atoms with Gasteiger partial charge in [-0.1, -0.05) is 13.8 Å². The van der Waals surface area contributed by atoms with Crippen LogP contribution in [0, 0.1) is 18.3 Å². The van der Waals surface area contributed by atoms with Crippen LogP contribution in [0.4, 0.5) is 0 Å². The van der Waals surface area contributed by atoms with Gasteiger partial charge in [0.1, 0.15) is 6.73 Å². The number of carbonyl (C=O) groups is 1. The lowest BCUT2D eigenvalue weighted by Crippen LogP contribution is -2.25. The van der Waals surface area contributed by atoms with Crippen LogP contribution < -0.4 is 5.32 Å². The first-order valence-corrected chi connectivity index (χ1v) is 7.19. The number of methoxy groups -OCH3 is 1. The van der Waals surface area contributed by atoms with E-state index in [0.29, 0.717) is 11.3 Å². The van der Waals surface area contributed by atoms with Gasteiger partial charge in [-0.2, -0.15) is 0 Å². The molecule has 1 N–H and O–H groups in total. The molecule has 0 bridgehead atoms. The van der Waals surface area contributed by atoms with Gasteiger partial charge in [0, 0.05) is 12.0 Å². The van der Waals surface area contributed by atoms with Gasteiger partial charge in [0.2, 0.25) is 0 Å². The SMILES string of the molecule is COCNC(=O)c1sc(C)c2c1C[C@@H]1[C@H]2C1(C)C. The summed E-state index contributed by atoms with van der Waals surface area (Å²) in [6, 6.07) is 0. The summed E-state index contributed by atoms with van der Waals surface area (Å²) in [4.78, 5) is 14.3. The first-order chi connectivity index (χ1) is 8.48. The van der Waals surface area contributed by atoms with Gasteiger partial charge in [-0.25, -0.2) is 0 Å². The smallest absolute Gasteiger partial charge is 0.263 e. The summed E-state index contributed by atoms with van der Waals surface area (Å²) in [7, 11) is 1.59. The minimum Gasteiger partial charge on any atom is -0.364 e. The Kier molecular flexibility index (Phi) is 2.58. The number of rotatable bonds is 3. The molecule has 0 spiro atoms. The highest BCUT2D eigenvalue weighted by atomic mass is 32.1. The van der Waals surface area contributed by atoms with Crippen molar-refractivity contribution in [1.29, 1.82) is 0 Å². The van der Waals surface area contributed by atoms with Crippen molar-refractivity contribution in [1.82, 2.24) is 5.32 Å². The van der Waals surface area contributed by atoms with Crippen molar-refractivity contribution >= 4 is 17.2 Å². The van der Waals surface area contributed by atoms with E-state index in [1.54, 1.807) is 18.4 Å². The highest BCUT2D eigenvalue weighted by Gasteiger charge is 2.63. The zero-order valence-electron chi connectivity index (χ0n) is 11.3. The van der Waals surface area contributed by atoms with Crippen LogP contribution in [-0.4, -0.2) is 19.7 Å². The molecule has 1 amide bonds. The van der Waals surface area contributed by atoms with Crippen LogP contribution in [0.15, 0.2) is 0 Å². The molecule has 0 radical (unpaired) electrons. The zero-order valence-corrected chi connectivity index (χ0v) is 12.1. The molecule has 2 atom stereocenters. The monoisotopic (exact) mass is 265 g/mol. The number of nitrogens with one attached hydrogen (secondary N) is 1. The molecule has 4 heteroatoms. The van der Waals surface area contributed by atoms with Gasteiger partial charge in [-0.15, -0.1) is 11.3 Å². The molecular weight excluding hydrogens is 246 g/mol. The Labute approximate surface area is 112 Å². The molecule has 0 aromatic carbocycles. The number of thiophene rings is 1. The Balaban J connectivity index is 1.90. The molecule has 1 aromatic heterocycles. The predicted molar refractivity (Wildman–Crippen MR) is 72.1 cm³/mol. The lowest BCUT2D eigenvalue weighted by molar-refractivity contribution is 0.0875. The minimum absolute atomic E-state index is 0.0188. The van der Waals surface area contributed by atoms with E-state index < -0.39 is 0 Å². The number of hydrogen-bond acceptors (Lipinski definition) is 3. The van der Waals surface area contributed by atoms with Crippen LogP contribution >= 0.6 is 11.3 Å². The van der Waals surface area contributed by atoms with Gasteiger partial charge >= 0.3 is 0 Å². The van der Waals surface area contributed by atoms with Gasteiger partial charge < -0.3 is 10.1 Å². The summed E-state index contributed by atoms with van der Waals surface area (Å²) in [5, 5.41) is 2.79. The van der Waals surface area contributed by atoms with E-state index in [2.05, 4.69) is 26.1 Å². The maximum Gasteiger partial charge on any atom is 0.263 e. The molecule has 0 saturated heterocycles. The maximum atomic E-state index is 12.1. The van der Waals surface area contributed by atoms with Crippen molar-refractivity contribution in [3.63, 3.8) is 0 Å². The number of fused-ring (bicyclic) bond motifs is 3. The molecule has 98 valence electrons. The Morgan fingerprint density at radius 3 is 2.94 bits per heavy atom. The average molecular weight is 265 g/mol. The van der Waals surface area contributed by atoms with Crippen molar-refractivity contribution in [2.24, 2.45) is 11.3 Å². The van der Waals surface area contributed by atoms with Crippen LogP contribution in [0.3, 0.4) is 0 Å². The summed E-state index contributed by atoms with van der Waals surface area (Å²) in [6.45, 7) is 7.11. The minimum atomic E-state index is 0.0188. The molecule has 1 heterocycles. The molecule has 0 aliphatic heterocycles. The predicted octanol–water partition coefficient (Wildman–Crippen LogP) is 2.69. The second kappa shape index (κ2) is 3.81. The van der Waals surface area contributed by atoms with Gasteiger partial charge in [0.05, 0.1) is 4.88 Å². The van der Waals surface area contributed by atoms with E-state index >= 15 is 0 Å².